The van der Waals surface area contributed by atoms with Crippen molar-refractivity contribution in [2.45, 2.75) is 11.3 Å². The van der Waals surface area contributed by atoms with E-state index in [1.165, 1.54) is 11.8 Å². The van der Waals surface area contributed by atoms with Gasteiger partial charge in [-0.15, -0.1) is 0 Å². The molecule has 0 fully saturated rings. The number of aromatic nitrogens is 1. The first-order valence-corrected chi connectivity index (χ1v) is 5.67. The van der Waals surface area contributed by atoms with Crippen molar-refractivity contribution in [3.8, 4) is 0 Å². The highest BCUT2D eigenvalue weighted by molar-refractivity contribution is 7.99. The van der Waals surface area contributed by atoms with Crippen LogP contribution in [0.2, 0.25) is 0 Å². The molecule has 1 unspecified atom stereocenters. The molecule has 2 N–H and O–H groups in total. The number of hydrogen-bond acceptors (Lipinski definition) is 4. The maximum absolute atomic E-state index is 6.02. The van der Waals surface area contributed by atoms with Gasteiger partial charge in [-0.3, -0.25) is 0 Å². The third-order valence-electron chi connectivity index (χ3n) is 2.02. The van der Waals surface area contributed by atoms with Crippen LogP contribution in [0.3, 0.4) is 0 Å². The van der Waals surface area contributed by atoms with Gasteiger partial charge in [0.05, 0.1) is 6.20 Å². The molecule has 1 aromatic heterocycles. The van der Waals surface area contributed by atoms with Crippen molar-refractivity contribution in [1.82, 2.24) is 4.98 Å². The van der Waals surface area contributed by atoms with E-state index < -0.39 is 0 Å². The Hall–Kier alpha value is -1.26. The molecule has 0 aliphatic rings. The number of rotatable bonds is 4. The van der Waals surface area contributed by atoms with E-state index in [4.69, 9.17) is 10.2 Å². The molecule has 2 rings (SSSR count). The Morgan fingerprint density at radius 1 is 1.33 bits per heavy atom. The first kappa shape index (κ1) is 10.3. The van der Waals surface area contributed by atoms with Gasteiger partial charge >= 0.3 is 0 Å². The van der Waals surface area contributed by atoms with Crippen molar-refractivity contribution >= 4 is 11.8 Å². The Labute approximate surface area is 92.7 Å². The van der Waals surface area contributed by atoms with Gasteiger partial charge < -0.3 is 10.2 Å². The van der Waals surface area contributed by atoms with Crippen LogP contribution in [0.15, 0.2) is 52.4 Å². The molecule has 0 bridgehead atoms. The van der Waals surface area contributed by atoms with Gasteiger partial charge in [0.25, 0.3) is 5.22 Å². The van der Waals surface area contributed by atoms with Crippen molar-refractivity contribution in [1.29, 1.82) is 0 Å². The highest BCUT2D eigenvalue weighted by Gasteiger charge is 2.07. The van der Waals surface area contributed by atoms with E-state index >= 15 is 0 Å². The number of hydrogen-bond donors (Lipinski definition) is 1. The Bertz CT molecular complexity index is 388. The molecule has 0 saturated carbocycles. The molecule has 0 aliphatic heterocycles. The molecule has 4 heteroatoms. The van der Waals surface area contributed by atoms with Gasteiger partial charge in [0.15, 0.2) is 0 Å². The van der Waals surface area contributed by atoms with Gasteiger partial charge in [-0.2, -0.15) is 0 Å². The van der Waals surface area contributed by atoms with Gasteiger partial charge in [0.2, 0.25) is 0 Å². The lowest BCUT2D eigenvalue weighted by molar-refractivity contribution is 0.454. The Kier molecular flexibility index (Phi) is 3.42. The third-order valence-corrected chi connectivity index (χ3v) is 3.00. The number of nitrogens with zero attached hydrogens (tertiary/aromatic N) is 1. The predicted molar refractivity (Wildman–Crippen MR) is 60.6 cm³/mol. The van der Waals surface area contributed by atoms with Crippen LogP contribution in [0.5, 0.6) is 0 Å². The average molecular weight is 220 g/mol. The average Bonchev–Trinajstić information content (AvgIpc) is 2.80. The zero-order chi connectivity index (χ0) is 10.5. The van der Waals surface area contributed by atoms with Crippen LogP contribution in [0.4, 0.5) is 0 Å². The fourth-order valence-electron chi connectivity index (χ4n) is 1.24. The van der Waals surface area contributed by atoms with Crippen LogP contribution < -0.4 is 5.73 Å². The summed E-state index contributed by atoms with van der Waals surface area (Å²) in [4.78, 5) is 4.02. The number of oxazole rings is 1. The van der Waals surface area contributed by atoms with E-state index in [-0.39, 0.29) is 6.04 Å². The molecule has 0 amide bonds. The summed E-state index contributed by atoms with van der Waals surface area (Å²) in [6, 6.07) is 10.0. The van der Waals surface area contributed by atoms with Crippen LogP contribution in [-0.2, 0) is 0 Å². The maximum Gasteiger partial charge on any atom is 0.255 e. The highest BCUT2D eigenvalue weighted by atomic mass is 32.2. The standard InChI is InChI=1S/C11H12N2OS/c12-10(9-4-2-1-3-5-9)8-15-11-13-6-7-14-11/h1-7,10H,8,12H2. The van der Waals surface area contributed by atoms with E-state index in [0.29, 0.717) is 5.22 Å². The first-order valence-electron chi connectivity index (χ1n) is 4.69. The van der Waals surface area contributed by atoms with Crippen LogP contribution in [0, 0.1) is 0 Å². The van der Waals surface area contributed by atoms with E-state index in [1.54, 1.807) is 12.5 Å². The van der Waals surface area contributed by atoms with E-state index in [2.05, 4.69) is 4.98 Å². The second kappa shape index (κ2) is 5.00. The SMILES string of the molecule is NC(CSc1ncco1)c1ccccc1. The van der Waals surface area contributed by atoms with Crippen molar-refractivity contribution in [3.05, 3.63) is 48.4 Å². The molecule has 2 aromatic rings. The fourth-order valence-corrected chi connectivity index (χ4v) is 2.01. The summed E-state index contributed by atoms with van der Waals surface area (Å²) < 4.78 is 5.12. The lowest BCUT2D eigenvalue weighted by atomic mass is 10.1. The lowest BCUT2D eigenvalue weighted by Gasteiger charge is -2.09. The second-order valence-electron chi connectivity index (χ2n) is 3.13. The molecule has 15 heavy (non-hydrogen) atoms. The first-order chi connectivity index (χ1) is 7.36. The van der Waals surface area contributed by atoms with E-state index in [9.17, 15) is 0 Å². The van der Waals surface area contributed by atoms with E-state index in [1.807, 2.05) is 30.3 Å². The van der Waals surface area contributed by atoms with Crippen LogP contribution >= 0.6 is 11.8 Å². The highest BCUT2D eigenvalue weighted by Crippen LogP contribution is 2.21. The van der Waals surface area contributed by atoms with Gasteiger partial charge in [-0.25, -0.2) is 4.98 Å². The van der Waals surface area contributed by atoms with E-state index in [0.717, 1.165) is 11.3 Å². The summed E-state index contributed by atoms with van der Waals surface area (Å²) in [5.41, 5.74) is 7.16. The lowest BCUT2D eigenvalue weighted by Crippen LogP contribution is -2.12. The van der Waals surface area contributed by atoms with Crippen molar-refractivity contribution in [2.24, 2.45) is 5.73 Å². The zero-order valence-electron chi connectivity index (χ0n) is 8.17. The van der Waals surface area contributed by atoms with Crippen LogP contribution in [-0.4, -0.2) is 10.7 Å². The molecule has 0 spiro atoms. The third kappa shape index (κ3) is 2.84. The molecular formula is C11H12N2OS. The molecule has 0 radical (unpaired) electrons. The number of nitrogens with two attached hydrogens (primary N) is 1. The monoisotopic (exact) mass is 220 g/mol. The van der Waals surface area contributed by atoms with Crippen molar-refractivity contribution in [3.63, 3.8) is 0 Å². The summed E-state index contributed by atoms with van der Waals surface area (Å²) in [6.45, 7) is 0. The quantitative estimate of drug-likeness (QED) is 0.804. The summed E-state index contributed by atoms with van der Waals surface area (Å²) in [6.07, 6.45) is 3.20. The molecule has 1 aromatic carbocycles. The molecular weight excluding hydrogens is 208 g/mol. The summed E-state index contributed by atoms with van der Waals surface area (Å²) in [5.74, 6) is 0.768. The smallest absolute Gasteiger partial charge is 0.255 e. The van der Waals surface area contributed by atoms with Crippen LogP contribution in [0.1, 0.15) is 11.6 Å². The Balaban J connectivity index is 1.90. The minimum Gasteiger partial charge on any atom is -0.440 e. The van der Waals surface area contributed by atoms with Gasteiger partial charge in [-0.1, -0.05) is 42.1 Å². The van der Waals surface area contributed by atoms with Gasteiger partial charge in [0.1, 0.15) is 6.26 Å². The fraction of sp³-hybridized carbons (Fsp3) is 0.182. The maximum atomic E-state index is 6.02. The minimum atomic E-state index is 0.0168. The van der Waals surface area contributed by atoms with Gasteiger partial charge in [0, 0.05) is 11.8 Å². The molecule has 3 nitrogen and oxygen atoms in total. The minimum absolute atomic E-state index is 0.0168. The van der Waals surface area contributed by atoms with Crippen LogP contribution in [0.25, 0.3) is 0 Å². The molecule has 78 valence electrons. The summed E-state index contributed by atoms with van der Waals surface area (Å²) in [5, 5.41) is 0.668. The topological polar surface area (TPSA) is 52.0 Å². The zero-order valence-corrected chi connectivity index (χ0v) is 8.98. The second-order valence-corrected chi connectivity index (χ2v) is 4.10. The molecule has 0 aliphatic carbocycles. The Morgan fingerprint density at radius 2 is 2.13 bits per heavy atom. The molecule has 0 saturated heterocycles. The normalized spacial score (nSPS) is 12.6. The predicted octanol–water partition coefficient (Wildman–Crippen LogP) is 2.47. The summed E-state index contributed by atoms with van der Waals surface area (Å²) in [7, 11) is 0. The van der Waals surface area contributed by atoms with Crippen molar-refractivity contribution in [2.75, 3.05) is 5.75 Å². The number of thioether (sulfide) groups is 1. The molecule has 1 heterocycles. The van der Waals surface area contributed by atoms with Gasteiger partial charge in [-0.05, 0) is 5.56 Å². The Morgan fingerprint density at radius 3 is 2.80 bits per heavy atom. The number of benzene rings is 1. The molecule has 1 atom stereocenters. The summed E-state index contributed by atoms with van der Waals surface area (Å²) >= 11 is 1.53. The van der Waals surface area contributed by atoms with Crippen molar-refractivity contribution < 1.29 is 4.42 Å². The largest absolute Gasteiger partial charge is 0.440 e.